The summed E-state index contributed by atoms with van der Waals surface area (Å²) < 4.78 is 0. The number of allylic oxidation sites excluding steroid dienone is 4. The molecule has 1 aliphatic carbocycles. The number of fused-ring (bicyclic) bond motifs is 2. The summed E-state index contributed by atoms with van der Waals surface area (Å²) in [7, 11) is 0. The summed E-state index contributed by atoms with van der Waals surface area (Å²) in [4.78, 5) is 26.5. The third-order valence-electron chi connectivity index (χ3n) is 8.75. The molecule has 0 unspecified atom stereocenters. The highest BCUT2D eigenvalue weighted by molar-refractivity contribution is 7.85. The van der Waals surface area contributed by atoms with Crippen molar-refractivity contribution in [2.24, 2.45) is 0 Å². The van der Waals surface area contributed by atoms with E-state index in [-0.39, 0.29) is 11.6 Å². The van der Waals surface area contributed by atoms with Crippen LogP contribution in [0.2, 0.25) is 0 Å². The Bertz CT molecular complexity index is 3030. The molecule has 0 heterocycles. The Morgan fingerprint density at radius 3 is 1.00 bits per heavy atom. The van der Waals surface area contributed by atoms with E-state index in [9.17, 15) is 9.59 Å². The maximum absolute atomic E-state index is 13.3. The van der Waals surface area contributed by atoms with Gasteiger partial charge in [0.1, 0.15) is 0 Å². The SMILES string of the molecule is CC(C)=C(C#CS)C#CC(C#Cc1ccc(C#Cc2ccc(C#Cc3ccc(C#Cc4ccc5c(c4)C(=O)c4ccc(C#CS)cc4C5=O)cc3)cc2)cc1)=C(C)C. The van der Waals surface area contributed by atoms with Crippen molar-refractivity contribution in [1.82, 2.24) is 0 Å². The van der Waals surface area contributed by atoms with Crippen molar-refractivity contribution >= 4 is 36.8 Å². The van der Waals surface area contributed by atoms with E-state index in [0.717, 1.165) is 55.7 Å². The van der Waals surface area contributed by atoms with Crippen LogP contribution in [-0.2, 0) is 0 Å². The molecule has 4 heteroatoms. The Hall–Kier alpha value is -7.46. The Morgan fingerprint density at radius 1 is 0.345 bits per heavy atom. The van der Waals surface area contributed by atoms with Gasteiger partial charge in [-0.3, -0.25) is 9.59 Å². The maximum Gasteiger partial charge on any atom is 0.194 e. The van der Waals surface area contributed by atoms with Gasteiger partial charge in [-0.1, -0.05) is 102 Å². The number of hydrogen-bond acceptors (Lipinski definition) is 4. The molecule has 0 saturated heterocycles. The van der Waals surface area contributed by atoms with Gasteiger partial charge in [-0.25, -0.2) is 0 Å². The van der Waals surface area contributed by atoms with Crippen LogP contribution >= 0.6 is 25.3 Å². The third kappa shape index (κ3) is 10.2. The lowest BCUT2D eigenvalue weighted by molar-refractivity contribution is 0.0979. The van der Waals surface area contributed by atoms with Crippen molar-refractivity contribution in [2.45, 2.75) is 27.7 Å². The van der Waals surface area contributed by atoms with Crippen LogP contribution < -0.4 is 0 Å². The molecule has 1 aliphatic rings. The zero-order chi connectivity index (χ0) is 41.0. The predicted molar refractivity (Wildman–Crippen MR) is 241 cm³/mol. The molecule has 0 saturated carbocycles. The lowest BCUT2D eigenvalue weighted by Crippen LogP contribution is -2.21. The molecule has 58 heavy (non-hydrogen) atoms. The average Bonchev–Trinajstić information content (AvgIpc) is 3.24. The first-order valence-corrected chi connectivity index (χ1v) is 18.9. The van der Waals surface area contributed by atoms with Crippen LogP contribution in [0.5, 0.6) is 0 Å². The lowest BCUT2D eigenvalue weighted by atomic mass is 9.82. The zero-order valence-corrected chi connectivity index (χ0v) is 33.9. The van der Waals surface area contributed by atoms with Gasteiger partial charge in [0.2, 0.25) is 0 Å². The van der Waals surface area contributed by atoms with Crippen molar-refractivity contribution in [3.63, 3.8) is 0 Å². The molecular formula is C54H32O2S2. The molecule has 2 nitrogen and oxygen atoms in total. The number of rotatable bonds is 0. The largest absolute Gasteiger partial charge is 0.289 e. The minimum absolute atomic E-state index is 0.207. The molecule has 5 aromatic carbocycles. The van der Waals surface area contributed by atoms with E-state index >= 15 is 0 Å². The second-order valence-electron chi connectivity index (χ2n) is 13.4. The topological polar surface area (TPSA) is 34.1 Å². The summed E-state index contributed by atoms with van der Waals surface area (Å²) in [5.41, 5.74) is 11.5. The minimum atomic E-state index is -0.208. The summed E-state index contributed by atoms with van der Waals surface area (Å²) in [6.07, 6.45) is 0. The fourth-order valence-electron chi connectivity index (χ4n) is 5.59. The number of ketones is 2. The molecule has 0 aliphatic heterocycles. The molecule has 272 valence electrons. The number of carbonyl (C=O) groups excluding carboxylic acids is 2. The molecule has 0 fully saturated rings. The second-order valence-corrected chi connectivity index (χ2v) is 13.8. The molecule has 0 bridgehead atoms. The van der Waals surface area contributed by atoms with Gasteiger partial charge < -0.3 is 0 Å². The van der Waals surface area contributed by atoms with Crippen LogP contribution in [0.3, 0.4) is 0 Å². The number of thiol groups is 2. The van der Waals surface area contributed by atoms with Crippen LogP contribution in [0.4, 0.5) is 0 Å². The summed E-state index contributed by atoms with van der Waals surface area (Å²) in [5, 5.41) is 5.14. The highest BCUT2D eigenvalue weighted by atomic mass is 32.1. The number of carbonyl (C=O) groups is 2. The molecule has 0 aromatic heterocycles. The van der Waals surface area contributed by atoms with Gasteiger partial charge in [0.25, 0.3) is 0 Å². The fourth-order valence-corrected chi connectivity index (χ4v) is 5.83. The quantitative estimate of drug-likeness (QED) is 0.119. The molecule has 5 aromatic rings. The van der Waals surface area contributed by atoms with Crippen LogP contribution in [0.25, 0.3) is 0 Å². The second kappa shape index (κ2) is 18.9. The van der Waals surface area contributed by atoms with Crippen LogP contribution in [-0.4, -0.2) is 11.6 Å². The summed E-state index contributed by atoms with van der Waals surface area (Å²) >= 11 is 7.92. The molecule has 0 radical (unpaired) electrons. The fraction of sp³-hybridized carbons (Fsp3) is 0.0741. The van der Waals surface area contributed by atoms with Crippen molar-refractivity contribution in [3.8, 4) is 81.6 Å². The molecule has 0 spiro atoms. The first-order valence-electron chi connectivity index (χ1n) is 18.0. The molecule has 0 amide bonds. The van der Waals surface area contributed by atoms with E-state index in [1.807, 2.05) is 100 Å². The molecule has 0 atom stereocenters. The highest BCUT2D eigenvalue weighted by Crippen LogP contribution is 2.28. The third-order valence-corrected chi connectivity index (χ3v) is 8.97. The van der Waals surface area contributed by atoms with Crippen molar-refractivity contribution < 1.29 is 9.59 Å². The minimum Gasteiger partial charge on any atom is -0.289 e. The monoisotopic (exact) mass is 776 g/mol. The Labute approximate surface area is 352 Å². The van der Waals surface area contributed by atoms with E-state index in [0.29, 0.717) is 33.4 Å². The van der Waals surface area contributed by atoms with E-state index in [4.69, 9.17) is 0 Å². The van der Waals surface area contributed by atoms with Crippen molar-refractivity contribution in [2.75, 3.05) is 0 Å². The van der Waals surface area contributed by atoms with E-state index < -0.39 is 0 Å². The average molecular weight is 777 g/mol. The van der Waals surface area contributed by atoms with Gasteiger partial charge in [-0.05, 0) is 153 Å². The van der Waals surface area contributed by atoms with Gasteiger partial charge in [0.05, 0.1) is 11.1 Å². The summed E-state index contributed by atoms with van der Waals surface area (Å²) in [5.74, 6) is 37.1. The van der Waals surface area contributed by atoms with Crippen LogP contribution in [0.1, 0.15) is 104 Å². The van der Waals surface area contributed by atoms with Crippen molar-refractivity contribution in [3.05, 3.63) is 198 Å². The van der Waals surface area contributed by atoms with Gasteiger partial charge in [-0.2, -0.15) is 0 Å². The first kappa shape index (κ1) is 40.2. The number of hydrogen-bond donors (Lipinski definition) is 2. The lowest BCUT2D eigenvalue weighted by Gasteiger charge is -2.17. The number of benzene rings is 5. The Kier molecular flexibility index (Phi) is 13.1. The van der Waals surface area contributed by atoms with Gasteiger partial charge >= 0.3 is 0 Å². The van der Waals surface area contributed by atoms with E-state index in [1.54, 1.807) is 36.4 Å². The molecule has 6 rings (SSSR count). The smallest absolute Gasteiger partial charge is 0.194 e. The van der Waals surface area contributed by atoms with E-state index in [2.05, 4.69) is 107 Å². The van der Waals surface area contributed by atoms with Crippen molar-refractivity contribution in [1.29, 1.82) is 0 Å². The Morgan fingerprint density at radius 2 is 0.655 bits per heavy atom. The van der Waals surface area contributed by atoms with Crippen LogP contribution in [0.15, 0.2) is 131 Å². The standard InChI is InChI=1S/C54H32O2S2/c1-37(2)47(27-28-48(32-34-58)38(3)4)26-23-44-19-17-42(18-20-44)12-11-40-7-5-39(6-8-40)9-10-41-13-15-43(16-14-41)21-22-45-24-29-49-51(35-45)53(55)50-30-25-46(31-33-57)36-52(50)54(49)56/h5-8,13-20,24-25,29-30,35-36,57-58H,1-4H3. The summed E-state index contributed by atoms with van der Waals surface area (Å²) in [6, 6.07) is 33.4. The normalized spacial score (nSPS) is 10.0. The van der Waals surface area contributed by atoms with E-state index in [1.165, 1.54) is 0 Å². The highest BCUT2D eigenvalue weighted by Gasteiger charge is 2.29. The molecule has 0 N–H and O–H groups in total. The van der Waals surface area contributed by atoms with Crippen LogP contribution in [0, 0.1) is 81.6 Å². The zero-order valence-electron chi connectivity index (χ0n) is 32.1. The van der Waals surface area contributed by atoms with Gasteiger partial charge in [0.15, 0.2) is 11.6 Å². The Balaban J connectivity index is 1.06. The van der Waals surface area contributed by atoms with Gasteiger partial charge in [-0.15, -0.1) is 0 Å². The summed E-state index contributed by atoms with van der Waals surface area (Å²) in [6.45, 7) is 7.94. The maximum atomic E-state index is 13.3. The van der Waals surface area contributed by atoms with Gasteiger partial charge in [0, 0.05) is 66.8 Å². The molecular weight excluding hydrogens is 745 g/mol. The first-order chi connectivity index (χ1) is 28.1. The predicted octanol–water partition coefficient (Wildman–Crippen LogP) is 9.82.